The molecule has 0 bridgehead atoms. The van der Waals surface area contributed by atoms with Gasteiger partial charge in [-0.1, -0.05) is 18.2 Å². The molecule has 5 nitrogen and oxygen atoms in total. The van der Waals surface area contributed by atoms with Crippen molar-refractivity contribution in [1.82, 2.24) is 14.9 Å². The SMILES string of the molecule is CN1CCN(c2nccc(N3CCc4ccccc43)n2)CC1. The summed E-state index contributed by atoms with van der Waals surface area (Å²) in [4.78, 5) is 16.2. The monoisotopic (exact) mass is 295 g/mol. The Balaban J connectivity index is 1.60. The summed E-state index contributed by atoms with van der Waals surface area (Å²) in [6.07, 6.45) is 2.97. The van der Waals surface area contributed by atoms with Crippen LogP contribution in [0.4, 0.5) is 17.5 Å². The number of hydrogen-bond acceptors (Lipinski definition) is 5. The molecule has 0 N–H and O–H groups in total. The third kappa shape index (κ3) is 2.41. The zero-order valence-electron chi connectivity index (χ0n) is 12.9. The quantitative estimate of drug-likeness (QED) is 0.846. The zero-order chi connectivity index (χ0) is 14.9. The Bertz CT molecular complexity index is 664. The van der Waals surface area contributed by atoms with Gasteiger partial charge in [0.05, 0.1) is 0 Å². The van der Waals surface area contributed by atoms with E-state index in [0.29, 0.717) is 0 Å². The van der Waals surface area contributed by atoms with Crippen molar-refractivity contribution in [2.75, 3.05) is 49.6 Å². The van der Waals surface area contributed by atoms with Crippen LogP contribution in [-0.2, 0) is 6.42 Å². The summed E-state index contributed by atoms with van der Waals surface area (Å²) < 4.78 is 0. The Morgan fingerprint density at radius 2 is 1.77 bits per heavy atom. The van der Waals surface area contributed by atoms with Crippen molar-refractivity contribution >= 4 is 17.5 Å². The molecule has 2 aliphatic rings. The molecule has 2 aromatic rings. The molecule has 1 saturated heterocycles. The van der Waals surface area contributed by atoms with Crippen LogP contribution in [0.2, 0.25) is 0 Å². The van der Waals surface area contributed by atoms with E-state index >= 15 is 0 Å². The highest BCUT2D eigenvalue weighted by molar-refractivity contribution is 5.67. The Hall–Kier alpha value is -2.14. The summed E-state index contributed by atoms with van der Waals surface area (Å²) in [7, 11) is 2.16. The molecular weight excluding hydrogens is 274 g/mol. The van der Waals surface area contributed by atoms with Crippen LogP contribution in [0.3, 0.4) is 0 Å². The maximum Gasteiger partial charge on any atom is 0.227 e. The number of piperazine rings is 1. The van der Waals surface area contributed by atoms with Gasteiger partial charge in [-0.05, 0) is 31.2 Å². The van der Waals surface area contributed by atoms with Crippen molar-refractivity contribution in [2.45, 2.75) is 6.42 Å². The minimum absolute atomic E-state index is 0.856. The van der Waals surface area contributed by atoms with Gasteiger partial charge in [-0.25, -0.2) is 4.98 Å². The zero-order valence-corrected chi connectivity index (χ0v) is 12.9. The van der Waals surface area contributed by atoms with Crippen molar-refractivity contribution in [3.63, 3.8) is 0 Å². The second-order valence-corrected chi connectivity index (χ2v) is 6.04. The van der Waals surface area contributed by atoms with Gasteiger partial charge < -0.3 is 14.7 Å². The van der Waals surface area contributed by atoms with E-state index < -0.39 is 0 Å². The maximum atomic E-state index is 4.82. The van der Waals surface area contributed by atoms with Gasteiger partial charge in [0.1, 0.15) is 5.82 Å². The number of aromatic nitrogens is 2. The van der Waals surface area contributed by atoms with Crippen molar-refractivity contribution in [2.24, 2.45) is 0 Å². The van der Waals surface area contributed by atoms with Crippen LogP contribution in [0.25, 0.3) is 0 Å². The van der Waals surface area contributed by atoms with Gasteiger partial charge in [0.2, 0.25) is 5.95 Å². The maximum absolute atomic E-state index is 4.82. The predicted octanol–water partition coefficient (Wildman–Crippen LogP) is 1.92. The molecule has 22 heavy (non-hydrogen) atoms. The minimum Gasteiger partial charge on any atom is -0.338 e. The Kier molecular flexibility index (Phi) is 3.42. The molecule has 0 spiro atoms. The first-order chi connectivity index (χ1) is 10.8. The number of nitrogens with zero attached hydrogens (tertiary/aromatic N) is 5. The van der Waals surface area contributed by atoms with Crippen LogP contribution in [0.15, 0.2) is 36.5 Å². The number of fused-ring (bicyclic) bond motifs is 1. The molecule has 5 heteroatoms. The van der Waals surface area contributed by atoms with E-state index in [2.05, 4.69) is 51.0 Å². The lowest BCUT2D eigenvalue weighted by atomic mass is 10.2. The van der Waals surface area contributed by atoms with Crippen LogP contribution in [-0.4, -0.2) is 54.6 Å². The summed E-state index contributed by atoms with van der Waals surface area (Å²) in [5.41, 5.74) is 2.69. The molecule has 0 saturated carbocycles. The summed E-state index contributed by atoms with van der Waals surface area (Å²) in [6, 6.07) is 10.6. The summed E-state index contributed by atoms with van der Waals surface area (Å²) in [5, 5.41) is 0. The molecule has 1 fully saturated rings. The third-order valence-corrected chi connectivity index (χ3v) is 4.58. The van der Waals surface area contributed by atoms with Crippen LogP contribution < -0.4 is 9.80 Å². The standard InChI is InChI=1S/C17H21N5/c1-20-10-12-21(13-11-20)17-18-8-6-16(19-17)22-9-7-14-4-2-3-5-15(14)22/h2-6,8H,7,9-13H2,1H3. The first-order valence-electron chi connectivity index (χ1n) is 7.93. The van der Waals surface area contributed by atoms with Gasteiger partial charge in [-0.3, -0.25) is 0 Å². The van der Waals surface area contributed by atoms with E-state index in [1.54, 1.807) is 0 Å². The lowest BCUT2D eigenvalue weighted by Gasteiger charge is -2.32. The van der Waals surface area contributed by atoms with Crippen LogP contribution in [0, 0.1) is 0 Å². The van der Waals surface area contributed by atoms with Gasteiger partial charge in [0.15, 0.2) is 0 Å². The van der Waals surface area contributed by atoms with E-state index in [-0.39, 0.29) is 0 Å². The van der Waals surface area contributed by atoms with E-state index in [0.717, 1.165) is 50.9 Å². The fourth-order valence-corrected chi connectivity index (χ4v) is 3.22. The number of rotatable bonds is 2. The molecule has 114 valence electrons. The largest absolute Gasteiger partial charge is 0.338 e. The van der Waals surface area contributed by atoms with E-state index in [1.165, 1.54) is 11.3 Å². The molecule has 0 unspecified atom stereocenters. The molecule has 2 aliphatic heterocycles. The highest BCUT2D eigenvalue weighted by Crippen LogP contribution is 2.33. The topological polar surface area (TPSA) is 35.5 Å². The first kappa shape index (κ1) is 13.5. The Morgan fingerprint density at radius 3 is 2.64 bits per heavy atom. The number of para-hydroxylation sites is 1. The minimum atomic E-state index is 0.856. The van der Waals surface area contributed by atoms with Gasteiger partial charge >= 0.3 is 0 Å². The first-order valence-corrected chi connectivity index (χ1v) is 7.93. The normalized spacial score (nSPS) is 18.6. The fourth-order valence-electron chi connectivity index (χ4n) is 3.22. The van der Waals surface area contributed by atoms with Gasteiger partial charge in [0, 0.05) is 44.6 Å². The number of anilines is 3. The third-order valence-electron chi connectivity index (χ3n) is 4.58. The van der Waals surface area contributed by atoms with Crippen LogP contribution in [0.5, 0.6) is 0 Å². The van der Waals surface area contributed by atoms with Crippen molar-refractivity contribution in [3.05, 3.63) is 42.1 Å². The van der Waals surface area contributed by atoms with Crippen LogP contribution in [0.1, 0.15) is 5.56 Å². The Labute approximate surface area is 131 Å². The van der Waals surface area contributed by atoms with E-state index in [4.69, 9.17) is 4.98 Å². The summed E-state index contributed by atoms with van der Waals surface area (Å²) in [6.45, 7) is 5.13. The molecule has 4 rings (SSSR count). The Morgan fingerprint density at radius 1 is 0.955 bits per heavy atom. The number of likely N-dealkylation sites (N-methyl/N-ethyl adjacent to an activating group) is 1. The van der Waals surface area contributed by atoms with Crippen LogP contribution >= 0.6 is 0 Å². The summed E-state index contributed by atoms with van der Waals surface area (Å²) in [5.74, 6) is 1.86. The lowest BCUT2D eigenvalue weighted by molar-refractivity contribution is 0.311. The van der Waals surface area contributed by atoms with Gasteiger partial charge in [-0.2, -0.15) is 4.98 Å². The number of hydrogen-bond donors (Lipinski definition) is 0. The molecule has 0 radical (unpaired) electrons. The van der Waals surface area contributed by atoms with Gasteiger partial charge in [0.25, 0.3) is 0 Å². The average Bonchev–Trinajstić information content (AvgIpc) is 3.00. The molecule has 1 aromatic heterocycles. The average molecular weight is 295 g/mol. The molecule has 0 amide bonds. The van der Waals surface area contributed by atoms with E-state index in [9.17, 15) is 0 Å². The van der Waals surface area contributed by atoms with Crippen molar-refractivity contribution in [1.29, 1.82) is 0 Å². The van der Waals surface area contributed by atoms with Crippen molar-refractivity contribution < 1.29 is 0 Å². The molecule has 0 atom stereocenters. The second-order valence-electron chi connectivity index (χ2n) is 6.04. The van der Waals surface area contributed by atoms with Gasteiger partial charge in [-0.15, -0.1) is 0 Å². The smallest absolute Gasteiger partial charge is 0.227 e. The fraction of sp³-hybridized carbons (Fsp3) is 0.412. The summed E-state index contributed by atoms with van der Waals surface area (Å²) >= 11 is 0. The number of benzene rings is 1. The molecule has 0 aliphatic carbocycles. The van der Waals surface area contributed by atoms with Crippen molar-refractivity contribution in [3.8, 4) is 0 Å². The highest BCUT2D eigenvalue weighted by atomic mass is 15.3. The van der Waals surface area contributed by atoms with E-state index in [1.807, 2.05) is 12.3 Å². The highest BCUT2D eigenvalue weighted by Gasteiger charge is 2.22. The second kappa shape index (κ2) is 5.57. The predicted molar refractivity (Wildman–Crippen MR) is 88.9 cm³/mol. The molecule has 3 heterocycles. The lowest BCUT2D eigenvalue weighted by Crippen LogP contribution is -2.45. The molecule has 1 aromatic carbocycles. The molecular formula is C17H21N5.